The molecule has 3 aromatic rings. The van der Waals surface area contributed by atoms with Crippen molar-refractivity contribution in [3.8, 4) is 5.82 Å². The molecule has 0 aromatic carbocycles. The SMILES string of the molecule is Cc1ccc(N2CCN(c3cc(-n4cccn4)nc(C)n3)CC2)nn1. The third-order valence-corrected chi connectivity index (χ3v) is 4.26. The van der Waals surface area contributed by atoms with Gasteiger partial charge >= 0.3 is 0 Å². The minimum Gasteiger partial charge on any atom is -0.353 e. The second-order valence-corrected chi connectivity index (χ2v) is 6.09. The Balaban J connectivity index is 1.50. The molecule has 0 spiro atoms. The summed E-state index contributed by atoms with van der Waals surface area (Å²) in [6.45, 7) is 7.39. The van der Waals surface area contributed by atoms with E-state index < -0.39 is 0 Å². The van der Waals surface area contributed by atoms with Crippen molar-refractivity contribution in [1.29, 1.82) is 0 Å². The quantitative estimate of drug-likeness (QED) is 0.715. The summed E-state index contributed by atoms with van der Waals surface area (Å²) in [6.07, 6.45) is 3.64. The van der Waals surface area contributed by atoms with Crippen LogP contribution in [0.4, 0.5) is 11.6 Å². The average molecular weight is 336 g/mol. The number of hydrogen-bond acceptors (Lipinski definition) is 7. The molecule has 128 valence electrons. The van der Waals surface area contributed by atoms with Crippen LogP contribution < -0.4 is 9.80 Å². The molecule has 0 unspecified atom stereocenters. The molecule has 1 aliphatic rings. The van der Waals surface area contributed by atoms with Gasteiger partial charge in [-0.3, -0.25) is 0 Å². The lowest BCUT2D eigenvalue weighted by Crippen LogP contribution is -2.47. The summed E-state index contributed by atoms with van der Waals surface area (Å²) >= 11 is 0. The van der Waals surface area contributed by atoms with Gasteiger partial charge in [-0.2, -0.15) is 10.2 Å². The Morgan fingerprint density at radius 1 is 0.840 bits per heavy atom. The first-order chi connectivity index (χ1) is 12.2. The van der Waals surface area contributed by atoms with Crippen molar-refractivity contribution in [3.05, 3.63) is 48.2 Å². The number of nitrogens with zero attached hydrogens (tertiary/aromatic N) is 8. The van der Waals surface area contributed by atoms with E-state index in [9.17, 15) is 0 Å². The Labute approximate surface area is 146 Å². The van der Waals surface area contributed by atoms with Gasteiger partial charge in [0.2, 0.25) is 0 Å². The van der Waals surface area contributed by atoms with Gasteiger partial charge in [-0.1, -0.05) is 0 Å². The van der Waals surface area contributed by atoms with Crippen LogP contribution in [0.25, 0.3) is 5.82 Å². The molecule has 1 saturated heterocycles. The molecule has 0 atom stereocenters. The highest BCUT2D eigenvalue weighted by atomic mass is 15.3. The second-order valence-electron chi connectivity index (χ2n) is 6.09. The van der Waals surface area contributed by atoms with E-state index in [1.54, 1.807) is 10.9 Å². The second kappa shape index (κ2) is 6.46. The lowest BCUT2D eigenvalue weighted by Gasteiger charge is -2.35. The van der Waals surface area contributed by atoms with Crippen LogP contribution in [-0.2, 0) is 0 Å². The van der Waals surface area contributed by atoms with Crippen LogP contribution in [0, 0.1) is 13.8 Å². The summed E-state index contributed by atoms with van der Waals surface area (Å²) in [6, 6.07) is 7.90. The largest absolute Gasteiger partial charge is 0.353 e. The van der Waals surface area contributed by atoms with Crippen molar-refractivity contribution in [2.45, 2.75) is 13.8 Å². The summed E-state index contributed by atoms with van der Waals surface area (Å²) in [7, 11) is 0. The highest BCUT2D eigenvalue weighted by Crippen LogP contribution is 2.19. The molecule has 0 aliphatic carbocycles. The zero-order valence-corrected chi connectivity index (χ0v) is 14.4. The van der Waals surface area contributed by atoms with Crippen LogP contribution in [0.5, 0.6) is 0 Å². The fourth-order valence-corrected chi connectivity index (χ4v) is 2.95. The smallest absolute Gasteiger partial charge is 0.159 e. The van der Waals surface area contributed by atoms with Crippen molar-refractivity contribution in [3.63, 3.8) is 0 Å². The van der Waals surface area contributed by atoms with Crippen molar-refractivity contribution >= 4 is 11.6 Å². The average Bonchev–Trinajstić information content (AvgIpc) is 3.17. The predicted molar refractivity (Wildman–Crippen MR) is 95.1 cm³/mol. The van der Waals surface area contributed by atoms with E-state index in [4.69, 9.17) is 0 Å². The monoisotopic (exact) mass is 336 g/mol. The molecule has 4 rings (SSSR count). The van der Waals surface area contributed by atoms with Gasteiger partial charge in [0.25, 0.3) is 0 Å². The standard InChI is InChI=1S/C17H20N8/c1-13-4-5-15(22-21-13)23-8-10-24(11-9-23)16-12-17(20-14(2)19-16)25-7-3-6-18-25/h3-7,12H,8-11H2,1-2H3. The number of rotatable bonds is 3. The Morgan fingerprint density at radius 3 is 2.20 bits per heavy atom. The van der Waals surface area contributed by atoms with E-state index in [2.05, 4.69) is 35.1 Å². The summed E-state index contributed by atoms with van der Waals surface area (Å²) in [5.74, 6) is 3.41. The lowest BCUT2D eigenvalue weighted by atomic mass is 10.3. The van der Waals surface area contributed by atoms with Crippen LogP contribution in [0.3, 0.4) is 0 Å². The van der Waals surface area contributed by atoms with Crippen molar-refractivity contribution < 1.29 is 0 Å². The molecule has 1 aliphatic heterocycles. The molecule has 8 nitrogen and oxygen atoms in total. The van der Waals surface area contributed by atoms with Gasteiger partial charge in [-0.15, -0.1) is 5.10 Å². The van der Waals surface area contributed by atoms with E-state index >= 15 is 0 Å². The van der Waals surface area contributed by atoms with Crippen LogP contribution >= 0.6 is 0 Å². The van der Waals surface area contributed by atoms with Gasteiger partial charge in [0.15, 0.2) is 11.6 Å². The van der Waals surface area contributed by atoms with Crippen molar-refractivity contribution in [2.75, 3.05) is 36.0 Å². The molecule has 1 fully saturated rings. The van der Waals surface area contributed by atoms with Gasteiger partial charge in [-0.05, 0) is 32.0 Å². The Kier molecular flexibility index (Phi) is 4.01. The maximum atomic E-state index is 4.60. The number of anilines is 2. The molecule has 3 aromatic heterocycles. The predicted octanol–water partition coefficient (Wildman–Crippen LogP) is 1.40. The van der Waals surface area contributed by atoms with E-state index in [0.29, 0.717) is 0 Å². The van der Waals surface area contributed by atoms with Gasteiger partial charge in [-0.25, -0.2) is 14.6 Å². The molecule has 4 heterocycles. The Hall–Kier alpha value is -3.03. The minimum atomic E-state index is 0.745. The molecule has 0 bridgehead atoms. The molecule has 0 amide bonds. The van der Waals surface area contributed by atoms with E-state index in [1.807, 2.05) is 44.3 Å². The highest BCUT2D eigenvalue weighted by molar-refractivity contribution is 5.47. The molecule has 0 radical (unpaired) electrons. The van der Waals surface area contributed by atoms with Crippen LogP contribution in [0.15, 0.2) is 36.7 Å². The fourth-order valence-electron chi connectivity index (χ4n) is 2.95. The zero-order valence-electron chi connectivity index (χ0n) is 14.4. The van der Waals surface area contributed by atoms with Crippen LogP contribution in [0.2, 0.25) is 0 Å². The molecule has 0 N–H and O–H groups in total. The molecule has 25 heavy (non-hydrogen) atoms. The topological polar surface area (TPSA) is 75.9 Å². The third kappa shape index (κ3) is 3.28. The molecule has 8 heteroatoms. The fraction of sp³-hybridized carbons (Fsp3) is 0.353. The maximum Gasteiger partial charge on any atom is 0.159 e. The summed E-state index contributed by atoms with van der Waals surface area (Å²) < 4.78 is 1.76. The highest BCUT2D eigenvalue weighted by Gasteiger charge is 2.20. The van der Waals surface area contributed by atoms with Gasteiger partial charge in [0.05, 0.1) is 5.69 Å². The molecule has 0 saturated carbocycles. The lowest BCUT2D eigenvalue weighted by molar-refractivity contribution is 0.635. The first-order valence-corrected chi connectivity index (χ1v) is 8.35. The Bertz CT molecular complexity index is 836. The number of aromatic nitrogens is 6. The number of piperazine rings is 1. The van der Waals surface area contributed by atoms with Gasteiger partial charge in [0, 0.05) is 44.6 Å². The summed E-state index contributed by atoms with van der Waals surface area (Å²) in [5, 5.41) is 12.7. The minimum absolute atomic E-state index is 0.745. The summed E-state index contributed by atoms with van der Waals surface area (Å²) in [5.41, 5.74) is 0.935. The summed E-state index contributed by atoms with van der Waals surface area (Å²) in [4.78, 5) is 13.6. The number of hydrogen-bond donors (Lipinski definition) is 0. The van der Waals surface area contributed by atoms with Crippen LogP contribution in [-0.4, -0.2) is 56.1 Å². The van der Waals surface area contributed by atoms with Gasteiger partial charge < -0.3 is 9.80 Å². The first-order valence-electron chi connectivity index (χ1n) is 8.35. The molecular formula is C17H20N8. The van der Waals surface area contributed by atoms with Gasteiger partial charge in [0.1, 0.15) is 11.6 Å². The van der Waals surface area contributed by atoms with E-state index in [-0.39, 0.29) is 0 Å². The van der Waals surface area contributed by atoms with Crippen LogP contribution in [0.1, 0.15) is 11.5 Å². The third-order valence-electron chi connectivity index (χ3n) is 4.26. The normalized spacial score (nSPS) is 14.8. The van der Waals surface area contributed by atoms with Crippen molar-refractivity contribution in [2.24, 2.45) is 0 Å². The molecular weight excluding hydrogens is 316 g/mol. The van der Waals surface area contributed by atoms with Crippen molar-refractivity contribution in [1.82, 2.24) is 29.9 Å². The zero-order chi connectivity index (χ0) is 17.2. The number of aryl methyl sites for hydroxylation is 2. The van der Waals surface area contributed by atoms with E-state index in [1.165, 1.54) is 0 Å². The first kappa shape index (κ1) is 15.5. The maximum absolute atomic E-state index is 4.60. The Morgan fingerprint density at radius 2 is 1.56 bits per heavy atom. The van der Waals surface area contributed by atoms with E-state index in [0.717, 1.165) is 55.2 Å².